The maximum Gasteiger partial charge on any atom is 0.306 e. The number of rotatable bonds is 8. The first-order chi connectivity index (χ1) is 14.4. The predicted molar refractivity (Wildman–Crippen MR) is 112 cm³/mol. The summed E-state index contributed by atoms with van der Waals surface area (Å²) in [5.74, 6) is 0.0267. The van der Waals surface area contributed by atoms with Crippen LogP contribution in [0.1, 0.15) is 12.0 Å². The van der Waals surface area contributed by atoms with Crippen molar-refractivity contribution in [3.05, 3.63) is 52.9 Å². The van der Waals surface area contributed by atoms with Crippen LogP contribution >= 0.6 is 11.8 Å². The van der Waals surface area contributed by atoms with E-state index in [1.165, 1.54) is 14.2 Å². The minimum absolute atomic E-state index is 0.00574. The molecule has 1 aliphatic heterocycles. The Morgan fingerprint density at radius 2 is 1.80 bits per heavy atom. The topological polar surface area (TPSA) is 102 Å². The molecule has 1 N–H and O–H groups in total. The molecule has 30 heavy (non-hydrogen) atoms. The van der Waals surface area contributed by atoms with E-state index in [0.29, 0.717) is 28.5 Å². The molecule has 0 radical (unpaired) electrons. The van der Waals surface area contributed by atoms with Gasteiger partial charge in [0.1, 0.15) is 5.75 Å². The minimum atomic E-state index is -0.960. The van der Waals surface area contributed by atoms with E-state index in [9.17, 15) is 14.4 Å². The number of carbonyl (C=O) groups is 3. The summed E-state index contributed by atoms with van der Waals surface area (Å²) in [6, 6.07) is 11.6. The van der Waals surface area contributed by atoms with E-state index in [-0.39, 0.29) is 17.9 Å². The number of ether oxygens (including phenoxy) is 3. The Kier molecular flexibility index (Phi) is 6.63. The molecule has 2 aromatic carbocycles. The van der Waals surface area contributed by atoms with E-state index in [4.69, 9.17) is 19.3 Å². The summed E-state index contributed by atoms with van der Waals surface area (Å²) < 4.78 is 15.8. The normalized spacial score (nSPS) is 14.9. The lowest BCUT2D eigenvalue weighted by Crippen LogP contribution is -2.27. The van der Waals surface area contributed by atoms with Crippen LogP contribution in [0.2, 0.25) is 0 Å². The fourth-order valence-corrected chi connectivity index (χ4v) is 3.56. The van der Waals surface area contributed by atoms with E-state index >= 15 is 0 Å². The molecule has 1 heterocycles. The third-order valence-corrected chi connectivity index (χ3v) is 5.05. The maximum atomic E-state index is 12.8. The van der Waals surface area contributed by atoms with Gasteiger partial charge < -0.3 is 19.3 Å². The lowest BCUT2D eigenvalue weighted by molar-refractivity contribution is -0.137. The van der Waals surface area contributed by atoms with Gasteiger partial charge >= 0.3 is 5.97 Å². The van der Waals surface area contributed by atoms with Crippen LogP contribution in [0.4, 0.5) is 10.5 Å². The minimum Gasteiger partial charge on any atom is -0.497 e. The second-order valence-corrected chi connectivity index (χ2v) is 7.11. The summed E-state index contributed by atoms with van der Waals surface area (Å²) in [5.41, 5.74) is 1.10. The fourth-order valence-electron chi connectivity index (χ4n) is 2.71. The third-order valence-electron chi connectivity index (χ3n) is 4.18. The second-order valence-electron chi connectivity index (χ2n) is 6.12. The van der Waals surface area contributed by atoms with Crippen molar-refractivity contribution in [3.8, 4) is 17.2 Å². The lowest BCUT2D eigenvalue weighted by Gasteiger charge is -2.13. The molecule has 156 valence electrons. The van der Waals surface area contributed by atoms with Crippen LogP contribution in [0.3, 0.4) is 0 Å². The van der Waals surface area contributed by atoms with Crippen LogP contribution in [0.5, 0.6) is 17.2 Å². The molecule has 8 nitrogen and oxygen atoms in total. The highest BCUT2D eigenvalue weighted by molar-refractivity contribution is 8.19. The molecule has 1 aliphatic rings. The molecule has 0 unspecified atom stereocenters. The Hall–Kier alpha value is -3.46. The summed E-state index contributed by atoms with van der Waals surface area (Å²) in [6.07, 6.45) is 1.46. The molecule has 9 heteroatoms. The summed E-state index contributed by atoms with van der Waals surface area (Å²) in [4.78, 5) is 37.2. The van der Waals surface area contributed by atoms with Gasteiger partial charge in [-0.05, 0) is 59.8 Å². The number of hydrogen-bond donors (Lipinski definition) is 1. The zero-order chi connectivity index (χ0) is 21.7. The van der Waals surface area contributed by atoms with Gasteiger partial charge in [0.2, 0.25) is 0 Å². The largest absolute Gasteiger partial charge is 0.497 e. The number of amides is 2. The number of methoxy groups -OCH3 is 2. The van der Waals surface area contributed by atoms with E-state index < -0.39 is 17.1 Å². The van der Waals surface area contributed by atoms with Gasteiger partial charge in [0.15, 0.2) is 11.5 Å². The molecular weight excluding hydrogens is 410 g/mol. The summed E-state index contributed by atoms with van der Waals surface area (Å²) in [7, 11) is 3.00. The highest BCUT2D eigenvalue weighted by Gasteiger charge is 2.36. The molecule has 1 fully saturated rings. The number of carbonyl (C=O) groups excluding carboxylic acids is 2. The van der Waals surface area contributed by atoms with Gasteiger partial charge in [-0.15, -0.1) is 0 Å². The number of carboxylic acid groups (broad SMARTS) is 1. The summed E-state index contributed by atoms with van der Waals surface area (Å²) in [6.45, 7) is 0.00574. The molecule has 2 amide bonds. The first kappa shape index (κ1) is 21.3. The van der Waals surface area contributed by atoms with Crippen LogP contribution in [-0.2, 0) is 9.59 Å². The highest BCUT2D eigenvalue weighted by Crippen LogP contribution is 2.37. The second kappa shape index (κ2) is 9.36. The number of carboxylic acids is 1. The standard InChI is InChI=1S/C21H19NO7S/c1-27-15-6-4-14(5-7-15)22-20(25)18(30-21(22)26)12-13-3-8-16(17(11-13)28-2)29-10-9-19(23)24/h3-8,11-12H,9-10H2,1-2H3,(H,23,24)/b18-12+. The van der Waals surface area contributed by atoms with Crippen LogP contribution in [0, 0.1) is 0 Å². The molecule has 0 saturated carbocycles. The number of aliphatic carboxylic acids is 1. The number of anilines is 1. The lowest BCUT2D eigenvalue weighted by atomic mass is 10.1. The smallest absolute Gasteiger partial charge is 0.306 e. The molecule has 1 saturated heterocycles. The number of benzene rings is 2. The van der Waals surface area contributed by atoms with E-state index in [1.54, 1.807) is 48.5 Å². The third kappa shape index (κ3) is 4.74. The number of thioether (sulfide) groups is 1. The Morgan fingerprint density at radius 3 is 2.43 bits per heavy atom. The Balaban J connectivity index is 1.79. The Bertz CT molecular complexity index is 1000. The zero-order valence-corrected chi connectivity index (χ0v) is 17.1. The number of hydrogen-bond acceptors (Lipinski definition) is 7. The molecular formula is C21H19NO7S. The monoisotopic (exact) mass is 429 g/mol. The predicted octanol–water partition coefficient (Wildman–Crippen LogP) is 3.80. The van der Waals surface area contributed by atoms with Crippen molar-refractivity contribution in [3.63, 3.8) is 0 Å². The van der Waals surface area contributed by atoms with Crippen LogP contribution < -0.4 is 19.1 Å². The van der Waals surface area contributed by atoms with Crippen molar-refractivity contribution in [2.45, 2.75) is 6.42 Å². The molecule has 0 atom stereocenters. The molecule has 3 rings (SSSR count). The van der Waals surface area contributed by atoms with Gasteiger partial charge in [-0.1, -0.05) is 6.07 Å². The van der Waals surface area contributed by atoms with Crippen molar-refractivity contribution in [2.75, 3.05) is 25.7 Å². The van der Waals surface area contributed by atoms with Gasteiger partial charge in [-0.2, -0.15) is 0 Å². The SMILES string of the molecule is COc1ccc(N2C(=O)S/C(=C/c3ccc(OCCC(=O)O)c(OC)c3)C2=O)cc1. The average molecular weight is 429 g/mol. The maximum absolute atomic E-state index is 12.8. The van der Waals surface area contributed by atoms with E-state index in [1.807, 2.05) is 0 Å². The highest BCUT2D eigenvalue weighted by atomic mass is 32.2. The Labute approximate surface area is 177 Å². The molecule has 0 aromatic heterocycles. The molecule has 2 aromatic rings. The van der Waals surface area contributed by atoms with Crippen LogP contribution in [-0.4, -0.2) is 43.0 Å². The van der Waals surface area contributed by atoms with Gasteiger partial charge in [0.05, 0.1) is 37.8 Å². The summed E-state index contributed by atoms with van der Waals surface area (Å²) >= 11 is 0.846. The fraction of sp³-hybridized carbons (Fsp3) is 0.190. The van der Waals surface area contributed by atoms with Gasteiger partial charge in [0.25, 0.3) is 11.1 Å². The first-order valence-corrected chi connectivity index (χ1v) is 9.69. The van der Waals surface area contributed by atoms with Crippen molar-refractivity contribution in [1.29, 1.82) is 0 Å². The number of nitrogens with zero attached hydrogens (tertiary/aromatic N) is 1. The van der Waals surface area contributed by atoms with Gasteiger partial charge in [-0.25, -0.2) is 4.90 Å². The average Bonchev–Trinajstić information content (AvgIpc) is 3.01. The molecule has 0 spiro atoms. The molecule has 0 aliphatic carbocycles. The van der Waals surface area contributed by atoms with E-state index in [0.717, 1.165) is 16.7 Å². The van der Waals surface area contributed by atoms with Crippen molar-refractivity contribution >= 4 is 40.6 Å². The van der Waals surface area contributed by atoms with Gasteiger partial charge in [0, 0.05) is 0 Å². The van der Waals surface area contributed by atoms with E-state index in [2.05, 4.69) is 0 Å². The van der Waals surface area contributed by atoms with Crippen molar-refractivity contribution in [1.82, 2.24) is 0 Å². The van der Waals surface area contributed by atoms with Crippen molar-refractivity contribution < 1.29 is 33.7 Å². The van der Waals surface area contributed by atoms with Crippen LogP contribution in [0.25, 0.3) is 6.08 Å². The van der Waals surface area contributed by atoms with Crippen molar-refractivity contribution in [2.24, 2.45) is 0 Å². The molecule has 0 bridgehead atoms. The summed E-state index contributed by atoms with van der Waals surface area (Å²) in [5, 5.41) is 8.32. The first-order valence-electron chi connectivity index (χ1n) is 8.87. The zero-order valence-electron chi connectivity index (χ0n) is 16.3. The van der Waals surface area contributed by atoms with Gasteiger partial charge in [-0.3, -0.25) is 14.4 Å². The Morgan fingerprint density at radius 1 is 1.07 bits per heavy atom. The quantitative estimate of drug-likeness (QED) is 0.632. The van der Waals surface area contributed by atoms with Crippen LogP contribution in [0.15, 0.2) is 47.4 Å². The number of imide groups is 1.